The largest absolute Gasteiger partial charge is 0.403 e. The summed E-state index contributed by atoms with van der Waals surface area (Å²) in [5.74, 6) is 5.29. The van der Waals surface area contributed by atoms with E-state index in [2.05, 4.69) is 5.43 Å². The lowest BCUT2D eigenvalue weighted by molar-refractivity contribution is 0.985. The molecule has 0 saturated heterocycles. The van der Waals surface area contributed by atoms with Gasteiger partial charge in [0.25, 0.3) is 0 Å². The maximum absolute atomic E-state index is 5.38. The van der Waals surface area contributed by atoms with Crippen molar-refractivity contribution in [2.75, 3.05) is 0 Å². The predicted octanol–water partition coefficient (Wildman–Crippen LogP) is 0.715. The summed E-state index contributed by atoms with van der Waals surface area (Å²) in [5, 5.41) is 0. The monoisotopic (exact) mass is 163 g/mol. The number of hydrogen-bond acceptors (Lipinski definition) is 3. The summed E-state index contributed by atoms with van der Waals surface area (Å²) in [4.78, 5) is 0. The van der Waals surface area contributed by atoms with Crippen molar-refractivity contribution in [1.29, 1.82) is 0 Å². The molecular formula is C9H13N3. The Hall–Kier alpha value is -1.48. The third kappa shape index (κ3) is 1.57. The Kier molecular flexibility index (Phi) is 2.71. The van der Waals surface area contributed by atoms with Crippen LogP contribution in [0.25, 0.3) is 5.70 Å². The maximum atomic E-state index is 5.38. The molecule has 64 valence electrons. The second-order valence-electron chi connectivity index (χ2n) is 2.54. The molecule has 0 saturated carbocycles. The molecule has 0 radical (unpaired) electrons. The fourth-order valence-electron chi connectivity index (χ4n) is 1.09. The van der Waals surface area contributed by atoms with E-state index in [1.54, 1.807) is 0 Å². The van der Waals surface area contributed by atoms with Crippen molar-refractivity contribution in [2.24, 2.45) is 11.6 Å². The average molecular weight is 163 g/mol. The van der Waals surface area contributed by atoms with Crippen molar-refractivity contribution in [3.63, 3.8) is 0 Å². The molecule has 0 fully saturated rings. The van der Waals surface area contributed by atoms with Crippen LogP contribution in [-0.2, 0) is 0 Å². The van der Waals surface area contributed by atoms with Crippen molar-refractivity contribution < 1.29 is 0 Å². The Balaban J connectivity index is 3.10. The summed E-state index contributed by atoms with van der Waals surface area (Å²) >= 11 is 0. The summed E-state index contributed by atoms with van der Waals surface area (Å²) in [5.41, 5.74) is 10.8. The molecule has 0 spiro atoms. The normalized spacial score (nSPS) is 11.3. The molecule has 12 heavy (non-hydrogen) atoms. The second-order valence-corrected chi connectivity index (χ2v) is 2.54. The van der Waals surface area contributed by atoms with Crippen LogP contribution in [0.2, 0.25) is 0 Å². The zero-order chi connectivity index (χ0) is 8.97. The van der Waals surface area contributed by atoms with Crippen LogP contribution in [0.1, 0.15) is 11.1 Å². The highest BCUT2D eigenvalue weighted by Gasteiger charge is 2.00. The van der Waals surface area contributed by atoms with Crippen molar-refractivity contribution in [3.05, 3.63) is 41.6 Å². The van der Waals surface area contributed by atoms with E-state index in [0.29, 0.717) is 0 Å². The molecule has 3 nitrogen and oxygen atoms in total. The third-order valence-electron chi connectivity index (χ3n) is 1.76. The van der Waals surface area contributed by atoms with Crippen LogP contribution >= 0.6 is 0 Å². The fourth-order valence-corrected chi connectivity index (χ4v) is 1.09. The molecule has 0 bridgehead atoms. The van der Waals surface area contributed by atoms with Crippen LogP contribution < -0.4 is 17.0 Å². The van der Waals surface area contributed by atoms with Crippen molar-refractivity contribution >= 4 is 5.70 Å². The van der Waals surface area contributed by atoms with Crippen LogP contribution in [0.4, 0.5) is 0 Å². The number of rotatable bonds is 2. The summed E-state index contributed by atoms with van der Waals surface area (Å²) in [6, 6.07) is 7.90. The first-order chi connectivity index (χ1) is 5.79. The van der Waals surface area contributed by atoms with E-state index in [-0.39, 0.29) is 0 Å². The standard InChI is InChI=1S/C9H13N3/c1-7-4-2-3-5-8(7)9(6-10)12-11/h2-6,12H,10-11H2,1H3/b9-6-. The van der Waals surface area contributed by atoms with E-state index >= 15 is 0 Å². The van der Waals surface area contributed by atoms with Crippen LogP contribution in [0.15, 0.2) is 30.5 Å². The van der Waals surface area contributed by atoms with Crippen LogP contribution in [-0.4, -0.2) is 0 Å². The SMILES string of the molecule is Cc1ccccc1/C(=C/N)NN. The molecule has 0 aliphatic carbocycles. The highest BCUT2D eigenvalue weighted by molar-refractivity contribution is 5.65. The molecule has 0 atom stereocenters. The molecule has 1 rings (SSSR count). The Morgan fingerprint density at radius 1 is 1.42 bits per heavy atom. The van der Waals surface area contributed by atoms with E-state index in [4.69, 9.17) is 11.6 Å². The number of benzene rings is 1. The van der Waals surface area contributed by atoms with Crippen molar-refractivity contribution in [1.82, 2.24) is 5.43 Å². The Morgan fingerprint density at radius 2 is 2.08 bits per heavy atom. The molecule has 0 heterocycles. The van der Waals surface area contributed by atoms with Gasteiger partial charge in [0, 0.05) is 11.8 Å². The molecule has 0 aliphatic rings. The highest BCUT2D eigenvalue weighted by atomic mass is 15.2. The fraction of sp³-hybridized carbons (Fsp3) is 0.111. The smallest absolute Gasteiger partial charge is 0.0716 e. The summed E-state index contributed by atoms with van der Waals surface area (Å²) in [6.45, 7) is 2.01. The number of nitrogens with two attached hydrogens (primary N) is 2. The van der Waals surface area contributed by atoms with E-state index < -0.39 is 0 Å². The quantitative estimate of drug-likeness (QED) is 0.444. The lowest BCUT2D eigenvalue weighted by Gasteiger charge is -2.08. The van der Waals surface area contributed by atoms with E-state index in [9.17, 15) is 0 Å². The van der Waals surface area contributed by atoms with E-state index in [1.807, 2.05) is 31.2 Å². The van der Waals surface area contributed by atoms with Crippen LogP contribution in [0, 0.1) is 6.92 Å². The van der Waals surface area contributed by atoms with Gasteiger partial charge in [-0.15, -0.1) is 0 Å². The minimum Gasteiger partial charge on any atom is -0.403 e. The van der Waals surface area contributed by atoms with Gasteiger partial charge in [0.2, 0.25) is 0 Å². The van der Waals surface area contributed by atoms with Gasteiger partial charge in [0.05, 0.1) is 5.70 Å². The first-order valence-corrected chi connectivity index (χ1v) is 3.74. The first-order valence-electron chi connectivity index (χ1n) is 3.74. The Bertz CT molecular complexity index is 292. The van der Waals surface area contributed by atoms with E-state index in [1.165, 1.54) is 6.20 Å². The molecule has 5 N–H and O–H groups in total. The predicted molar refractivity (Wildman–Crippen MR) is 50.7 cm³/mol. The molecule has 3 heteroatoms. The van der Waals surface area contributed by atoms with Crippen LogP contribution in [0.5, 0.6) is 0 Å². The Morgan fingerprint density at radius 3 is 2.58 bits per heavy atom. The van der Waals surface area contributed by atoms with Gasteiger partial charge in [0.1, 0.15) is 0 Å². The van der Waals surface area contributed by atoms with Gasteiger partial charge in [-0.1, -0.05) is 24.3 Å². The maximum Gasteiger partial charge on any atom is 0.0716 e. The first kappa shape index (κ1) is 8.62. The van der Waals surface area contributed by atoms with Gasteiger partial charge in [-0.2, -0.15) is 0 Å². The van der Waals surface area contributed by atoms with Gasteiger partial charge in [0.15, 0.2) is 0 Å². The molecule has 0 unspecified atom stereocenters. The minimum absolute atomic E-state index is 0.744. The van der Waals surface area contributed by atoms with Gasteiger partial charge in [-0.25, -0.2) is 0 Å². The molecule has 1 aromatic rings. The summed E-state index contributed by atoms with van der Waals surface area (Å²) < 4.78 is 0. The molecule has 0 amide bonds. The minimum atomic E-state index is 0.744. The zero-order valence-corrected chi connectivity index (χ0v) is 7.04. The zero-order valence-electron chi connectivity index (χ0n) is 7.04. The number of aryl methyl sites for hydroxylation is 1. The lowest BCUT2D eigenvalue weighted by Crippen LogP contribution is -2.21. The van der Waals surface area contributed by atoms with Gasteiger partial charge in [-0.3, -0.25) is 5.84 Å². The summed E-state index contributed by atoms with van der Waals surface area (Å²) in [7, 11) is 0. The molecule has 0 aromatic heterocycles. The number of hydrogen-bond donors (Lipinski definition) is 3. The summed E-state index contributed by atoms with van der Waals surface area (Å²) in [6.07, 6.45) is 1.46. The van der Waals surface area contributed by atoms with Gasteiger partial charge >= 0.3 is 0 Å². The second kappa shape index (κ2) is 3.78. The van der Waals surface area contributed by atoms with E-state index in [0.717, 1.165) is 16.8 Å². The van der Waals surface area contributed by atoms with Crippen molar-refractivity contribution in [2.45, 2.75) is 6.92 Å². The molecular weight excluding hydrogens is 150 g/mol. The highest BCUT2D eigenvalue weighted by Crippen LogP contribution is 2.13. The lowest BCUT2D eigenvalue weighted by atomic mass is 10.1. The third-order valence-corrected chi connectivity index (χ3v) is 1.76. The van der Waals surface area contributed by atoms with Crippen molar-refractivity contribution in [3.8, 4) is 0 Å². The number of hydrazine groups is 1. The van der Waals surface area contributed by atoms with Crippen LogP contribution in [0.3, 0.4) is 0 Å². The van der Waals surface area contributed by atoms with Gasteiger partial charge < -0.3 is 11.2 Å². The van der Waals surface area contributed by atoms with Gasteiger partial charge in [-0.05, 0) is 12.5 Å². The Labute approximate surface area is 72.0 Å². The average Bonchev–Trinajstić information content (AvgIpc) is 2.10. The number of nitrogens with one attached hydrogen (secondary N) is 1. The molecule has 0 aliphatic heterocycles. The molecule has 1 aromatic carbocycles. The topological polar surface area (TPSA) is 64.1 Å².